The van der Waals surface area contributed by atoms with Crippen LogP contribution in [0.5, 0.6) is 0 Å². The van der Waals surface area contributed by atoms with Crippen molar-refractivity contribution in [3.63, 3.8) is 0 Å². The Bertz CT molecular complexity index is 577. The average molecular weight is 294 g/mol. The Labute approximate surface area is 111 Å². The lowest BCUT2D eigenvalue weighted by atomic mass is 9.97. The summed E-state index contributed by atoms with van der Waals surface area (Å²) in [7, 11) is 0. The molecule has 1 unspecified atom stereocenters. The number of aromatic nitrogens is 2. The highest BCUT2D eigenvalue weighted by molar-refractivity contribution is 7.71. The summed E-state index contributed by atoms with van der Waals surface area (Å²) in [5, 5.41) is 18.6. The summed E-state index contributed by atoms with van der Waals surface area (Å²) in [5.41, 5.74) is -3.60. The van der Waals surface area contributed by atoms with Crippen LogP contribution in [0.25, 0.3) is 0 Å². The van der Waals surface area contributed by atoms with Crippen molar-refractivity contribution < 1.29 is 23.7 Å². The van der Waals surface area contributed by atoms with Crippen LogP contribution in [0.4, 0.5) is 8.78 Å². The lowest BCUT2D eigenvalue weighted by Crippen LogP contribution is -2.47. The van der Waals surface area contributed by atoms with Crippen molar-refractivity contribution in [3.8, 4) is 0 Å². The molecule has 4 atom stereocenters. The van der Waals surface area contributed by atoms with Gasteiger partial charge in [0, 0.05) is 6.20 Å². The van der Waals surface area contributed by atoms with Crippen LogP contribution < -0.4 is 5.69 Å². The first kappa shape index (κ1) is 14.3. The minimum atomic E-state index is -2.81. The minimum absolute atomic E-state index is 0.128. The van der Waals surface area contributed by atoms with Crippen LogP contribution in [0.2, 0.25) is 0 Å². The third kappa shape index (κ3) is 2.22. The molecule has 19 heavy (non-hydrogen) atoms. The molecule has 0 aromatic carbocycles. The highest BCUT2D eigenvalue weighted by atomic mass is 32.1. The van der Waals surface area contributed by atoms with Crippen LogP contribution in [0.15, 0.2) is 17.1 Å². The molecular formula is C10H12F2N2O4S. The highest BCUT2D eigenvalue weighted by Crippen LogP contribution is 2.41. The zero-order valence-corrected chi connectivity index (χ0v) is 10.4. The molecule has 9 heteroatoms. The highest BCUT2D eigenvalue weighted by Gasteiger charge is 2.58. The van der Waals surface area contributed by atoms with E-state index < -0.39 is 43.1 Å². The molecule has 1 aromatic heterocycles. The third-order valence-electron chi connectivity index (χ3n) is 3.05. The number of H-pyrrole nitrogens is 1. The topological polar surface area (TPSA) is 87.5 Å². The second-order valence-electron chi connectivity index (χ2n) is 4.23. The number of nitrogens with one attached hydrogen (secondary N) is 1. The van der Waals surface area contributed by atoms with E-state index in [4.69, 9.17) is 22.1 Å². The molecular weight excluding hydrogens is 282 g/mol. The van der Waals surface area contributed by atoms with Gasteiger partial charge in [-0.25, -0.2) is 13.6 Å². The summed E-state index contributed by atoms with van der Waals surface area (Å²) in [4.78, 5) is 13.9. The molecule has 1 fully saturated rings. The summed E-state index contributed by atoms with van der Waals surface area (Å²) in [5.74, 6) is 0. The van der Waals surface area contributed by atoms with Crippen LogP contribution in [0, 0.1) is 4.64 Å². The summed E-state index contributed by atoms with van der Waals surface area (Å²) in [6.45, 7) is -2.25. The Morgan fingerprint density at radius 2 is 2.32 bits per heavy atom. The number of ether oxygens (including phenoxy) is 1. The van der Waals surface area contributed by atoms with Gasteiger partial charge in [-0.2, -0.15) is 0 Å². The molecule has 0 aliphatic carbocycles. The second-order valence-corrected chi connectivity index (χ2v) is 4.67. The first-order valence-electron chi connectivity index (χ1n) is 5.44. The lowest BCUT2D eigenvalue weighted by Gasteiger charge is -2.26. The van der Waals surface area contributed by atoms with Crippen LogP contribution in [-0.4, -0.2) is 50.9 Å². The van der Waals surface area contributed by atoms with Crippen molar-refractivity contribution in [2.75, 3.05) is 13.3 Å². The number of halogens is 2. The van der Waals surface area contributed by atoms with Gasteiger partial charge in [-0.15, -0.1) is 0 Å². The van der Waals surface area contributed by atoms with E-state index >= 15 is 0 Å². The van der Waals surface area contributed by atoms with E-state index in [9.17, 15) is 18.7 Å². The van der Waals surface area contributed by atoms with E-state index in [1.54, 1.807) is 0 Å². The van der Waals surface area contributed by atoms with Gasteiger partial charge in [0.05, 0.1) is 6.61 Å². The lowest BCUT2D eigenvalue weighted by molar-refractivity contribution is -0.0734. The number of aliphatic hydroxyl groups excluding tert-OH is 2. The van der Waals surface area contributed by atoms with Crippen LogP contribution in [0.3, 0.4) is 0 Å². The van der Waals surface area contributed by atoms with E-state index in [0.29, 0.717) is 0 Å². The summed E-state index contributed by atoms with van der Waals surface area (Å²) in [6, 6.07) is 1.30. The molecule has 0 bridgehead atoms. The fourth-order valence-electron chi connectivity index (χ4n) is 2.00. The molecule has 6 nitrogen and oxygen atoms in total. The molecule has 0 spiro atoms. The maximum atomic E-state index is 14.4. The molecule has 106 valence electrons. The van der Waals surface area contributed by atoms with Gasteiger partial charge in [-0.3, -0.25) is 9.55 Å². The number of hydrogen-bond acceptors (Lipinski definition) is 5. The first-order chi connectivity index (χ1) is 8.93. The average Bonchev–Trinajstić information content (AvgIpc) is 2.63. The smallest absolute Gasteiger partial charge is 0.328 e. The molecule has 1 saturated heterocycles. The zero-order valence-electron chi connectivity index (χ0n) is 9.62. The van der Waals surface area contributed by atoms with E-state index in [1.807, 2.05) is 0 Å². The van der Waals surface area contributed by atoms with Crippen LogP contribution in [0.1, 0.15) is 6.23 Å². The predicted molar refractivity (Wildman–Crippen MR) is 62.7 cm³/mol. The molecule has 0 amide bonds. The summed E-state index contributed by atoms with van der Waals surface area (Å²) >= 11 is 4.72. The summed E-state index contributed by atoms with van der Waals surface area (Å²) in [6.07, 6.45) is -3.71. The molecule has 1 aliphatic rings. The van der Waals surface area contributed by atoms with Gasteiger partial charge in [-0.1, -0.05) is 12.2 Å². The number of rotatable bonds is 3. The fourth-order valence-corrected chi connectivity index (χ4v) is 2.15. The molecule has 1 aliphatic heterocycles. The summed E-state index contributed by atoms with van der Waals surface area (Å²) < 4.78 is 33.3. The molecule has 0 radical (unpaired) electrons. The Morgan fingerprint density at radius 1 is 1.63 bits per heavy atom. The molecule has 0 saturated carbocycles. The van der Waals surface area contributed by atoms with Crippen molar-refractivity contribution in [1.29, 1.82) is 0 Å². The van der Waals surface area contributed by atoms with E-state index in [0.717, 1.165) is 10.8 Å². The zero-order chi connectivity index (χ0) is 14.2. The van der Waals surface area contributed by atoms with Crippen molar-refractivity contribution >= 4 is 12.2 Å². The van der Waals surface area contributed by atoms with Gasteiger partial charge in [0.15, 0.2) is 6.23 Å². The van der Waals surface area contributed by atoms with Gasteiger partial charge in [-0.05, 0) is 6.07 Å². The van der Waals surface area contributed by atoms with Crippen LogP contribution >= 0.6 is 12.2 Å². The quantitative estimate of drug-likeness (QED) is 0.674. The minimum Gasteiger partial charge on any atom is -0.394 e. The monoisotopic (exact) mass is 294 g/mol. The van der Waals surface area contributed by atoms with Crippen molar-refractivity contribution in [3.05, 3.63) is 27.4 Å². The van der Waals surface area contributed by atoms with Gasteiger partial charge in [0.25, 0.3) is 0 Å². The Morgan fingerprint density at radius 3 is 2.84 bits per heavy atom. The van der Waals surface area contributed by atoms with Gasteiger partial charge >= 0.3 is 5.69 Å². The van der Waals surface area contributed by atoms with Gasteiger partial charge in [0.2, 0.25) is 5.67 Å². The van der Waals surface area contributed by atoms with Crippen molar-refractivity contribution in [1.82, 2.24) is 9.55 Å². The van der Waals surface area contributed by atoms with Gasteiger partial charge < -0.3 is 14.9 Å². The Kier molecular flexibility index (Phi) is 3.81. The Hall–Kier alpha value is -1.16. The largest absolute Gasteiger partial charge is 0.394 e. The normalized spacial score (nSPS) is 34.6. The maximum Gasteiger partial charge on any atom is 0.328 e. The third-order valence-corrected chi connectivity index (χ3v) is 3.28. The molecule has 1 aromatic rings. The van der Waals surface area contributed by atoms with E-state index in [2.05, 4.69) is 4.98 Å². The first-order valence-corrected chi connectivity index (χ1v) is 5.85. The number of aliphatic hydroxyl groups is 2. The molecule has 2 heterocycles. The predicted octanol–water partition coefficient (Wildman–Crippen LogP) is -0.166. The second kappa shape index (κ2) is 5.08. The maximum absolute atomic E-state index is 14.4. The number of alkyl halides is 2. The SMILES string of the molecule is O=c1[nH]c(=S)ccn1[C@@H]1O[C@H](CO)C(O)[C@]1(F)CF. The number of hydrogen-bond donors (Lipinski definition) is 3. The van der Waals surface area contributed by atoms with E-state index in [1.165, 1.54) is 6.07 Å². The number of aromatic amines is 1. The standard InChI is InChI=1S/C10H12F2N2O4S/c11-4-10(12)7(16)5(3-15)18-8(10)14-2-1-6(19)13-9(14)17/h1-2,5,7-8,15-16H,3-4H2,(H,13,17,19)/t5-,7?,8-,10-/m1/s1. The van der Waals surface area contributed by atoms with Crippen molar-refractivity contribution in [2.45, 2.75) is 24.1 Å². The van der Waals surface area contributed by atoms with E-state index in [-0.39, 0.29) is 4.64 Å². The fraction of sp³-hybridized carbons (Fsp3) is 0.600. The number of nitrogens with zero attached hydrogens (tertiary/aromatic N) is 1. The van der Waals surface area contributed by atoms with Crippen molar-refractivity contribution in [2.24, 2.45) is 0 Å². The van der Waals surface area contributed by atoms with Gasteiger partial charge in [0.1, 0.15) is 23.5 Å². The molecule has 3 N–H and O–H groups in total. The van der Waals surface area contributed by atoms with Crippen LogP contribution in [-0.2, 0) is 4.74 Å². The Balaban J connectivity index is 2.48. The molecule has 2 rings (SSSR count).